The summed E-state index contributed by atoms with van der Waals surface area (Å²) in [6.45, 7) is 4.26. The molecule has 7 heteroatoms. The first-order valence-electron chi connectivity index (χ1n) is 11.0. The molecule has 0 fully saturated rings. The number of aliphatic carboxylic acids is 1. The summed E-state index contributed by atoms with van der Waals surface area (Å²) in [6.07, 6.45) is 0. The molecule has 0 bridgehead atoms. The second kappa shape index (κ2) is 8.31. The molecule has 1 aliphatic carbocycles. The topological polar surface area (TPSA) is 89.9 Å². The maximum Gasteiger partial charge on any atom is 0.308 e. The van der Waals surface area contributed by atoms with Crippen molar-refractivity contribution in [2.24, 2.45) is 5.92 Å². The zero-order chi connectivity index (χ0) is 23.1. The number of hydrogen-bond acceptors (Lipinski definition) is 6. The standard InChI is InChI=1S/C26H26N2O5/c1-14(2)27-21-11-9-18-22(16-6-10-19-20(12-16)33-13-32-19)24(26(29)30)23(25(18)28-21)15-4-7-17(31-3)8-5-15/h4-12,14,22-24H,13H2,1-3H3,(H,27,28)(H,29,30)/t22-,23-,24+/m0/s1. The van der Waals surface area contributed by atoms with Crippen LogP contribution in [0.25, 0.3) is 0 Å². The molecule has 0 amide bonds. The highest BCUT2D eigenvalue weighted by molar-refractivity contribution is 5.77. The lowest BCUT2D eigenvalue weighted by Crippen LogP contribution is -2.24. The van der Waals surface area contributed by atoms with E-state index >= 15 is 0 Å². The number of benzene rings is 2. The van der Waals surface area contributed by atoms with Gasteiger partial charge in [0.1, 0.15) is 11.6 Å². The smallest absolute Gasteiger partial charge is 0.308 e. The number of nitrogens with one attached hydrogen (secondary N) is 1. The predicted octanol–water partition coefficient (Wildman–Crippen LogP) is 4.62. The number of carboxylic acids is 1. The summed E-state index contributed by atoms with van der Waals surface area (Å²) in [5, 5.41) is 13.8. The van der Waals surface area contributed by atoms with Gasteiger partial charge in [0, 0.05) is 17.9 Å². The maximum atomic E-state index is 12.7. The summed E-state index contributed by atoms with van der Waals surface area (Å²) in [7, 11) is 1.61. The van der Waals surface area contributed by atoms with Gasteiger partial charge < -0.3 is 24.6 Å². The Balaban J connectivity index is 1.67. The largest absolute Gasteiger partial charge is 0.497 e. The van der Waals surface area contributed by atoms with Crippen molar-refractivity contribution in [3.05, 3.63) is 77.0 Å². The number of carboxylic acid groups (broad SMARTS) is 1. The van der Waals surface area contributed by atoms with E-state index < -0.39 is 17.8 Å². The minimum Gasteiger partial charge on any atom is -0.497 e. The highest BCUT2D eigenvalue weighted by atomic mass is 16.7. The predicted molar refractivity (Wildman–Crippen MR) is 123 cm³/mol. The molecule has 0 radical (unpaired) electrons. The Morgan fingerprint density at radius 2 is 1.76 bits per heavy atom. The molecule has 7 nitrogen and oxygen atoms in total. The van der Waals surface area contributed by atoms with Gasteiger partial charge >= 0.3 is 5.97 Å². The van der Waals surface area contributed by atoms with Crippen LogP contribution in [0.3, 0.4) is 0 Å². The summed E-state index contributed by atoms with van der Waals surface area (Å²) in [6, 6.07) is 17.4. The van der Waals surface area contributed by atoms with Crippen LogP contribution in [0.1, 0.15) is 48.1 Å². The summed E-state index contributed by atoms with van der Waals surface area (Å²) < 4.78 is 16.3. The van der Waals surface area contributed by atoms with E-state index in [-0.39, 0.29) is 18.8 Å². The molecule has 0 unspecified atom stereocenters. The number of rotatable bonds is 6. The quantitative estimate of drug-likeness (QED) is 0.571. The summed E-state index contributed by atoms with van der Waals surface area (Å²) in [5.74, 6) is 0.386. The highest BCUT2D eigenvalue weighted by Gasteiger charge is 2.48. The Hall–Kier alpha value is -3.74. The molecule has 2 aromatic carbocycles. The van der Waals surface area contributed by atoms with Crippen molar-refractivity contribution in [1.82, 2.24) is 4.98 Å². The number of ether oxygens (including phenoxy) is 3. The van der Waals surface area contributed by atoms with Crippen LogP contribution in [-0.2, 0) is 4.79 Å². The van der Waals surface area contributed by atoms with Crippen molar-refractivity contribution < 1.29 is 24.1 Å². The molecule has 3 aromatic rings. The van der Waals surface area contributed by atoms with Gasteiger partial charge in [-0.15, -0.1) is 0 Å². The zero-order valence-corrected chi connectivity index (χ0v) is 18.7. The zero-order valence-electron chi connectivity index (χ0n) is 18.7. The van der Waals surface area contributed by atoms with Gasteiger partial charge in [-0.05, 0) is 60.9 Å². The summed E-state index contributed by atoms with van der Waals surface area (Å²) in [5.41, 5.74) is 3.45. The number of pyridine rings is 1. The molecule has 2 heterocycles. The van der Waals surface area contributed by atoms with E-state index in [1.165, 1.54) is 0 Å². The first kappa shape index (κ1) is 21.1. The van der Waals surface area contributed by atoms with E-state index in [1.807, 2.05) is 68.4 Å². The van der Waals surface area contributed by atoms with Crippen molar-refractivity contribution in [1.29, 1.82) is 0 Å². The minimum absolute atomic E-state index is 0.169. The summed E-state index contributed by atoms with van der Waals surface area (Å²) >= 11 is 0. The molecule has 3 atom stereocenters. The van der Waals surface area contributed by atoms with Crippen molar-refractivity contribution in [3.63, 3.8) is 0 Å². The Morgan fingerprint density at radius 3 is 2.45 bits per heavy atom. The molecule has 2 aliphatic rings. The van der Waals surface area contributed by atoms with Gasteiger partial charge in [0.25, 0.3) is 0 Å². The molecule has 5 rings (SSSR count). The van der Waals surface area contributed by atoms with Gasteiger partial charge in [0.2, 0.25) is 6.79 Å². The van der Waals surface area contributed by atoms with E-state index in [0.29, 0.717) is 11.5 Å². The van der Waals surface area contributed by atoms with Gasteiger partial charge in [-0.3, -0.25) is 4.79 Å². The minimum atomic E-state index is -0.866. The molecule has 1 aromatic heterocycles. The Bertz CT molecular complexity index is 1190. The Kier molecular flexibility index (Phi) is 5.32. The van der Waals surface area contributed by atoms with Crippen LogP contribution in [0, 0.1) is 5.92 Å². The Morgan fingerprint density at radius 1 is 1.03 bits per heavy atom. The monoisotopic (exact) mass is 446 g/mol. The van der Waals surface area contributed by atoms with E-state index in [4.69, 9.17) is 19.2 Å². The van der Waals surface area contributed by atoms with Crippen LogP contribution >= 0.6 is 0 Å². The fourth-order valence-electron chi connectivity index (χ4n) is 4.88. The molecule has 170 valence electrons. The third kappa shape index (κ3) is 3.73. The lowest BCUT2D eigenvalue weighted by molar-refractivity contribution is -0.142. The first-order chi connectivity index (χ1) is 16.0. The number of carbonyl (C=O) groups is 1. The third-order valence-corrected chi connectivity index (χ3v) is 6.26. The molecule has 0 saturated carbocycles. The van der Waals surface area contributed by atoms with Gasteiger partial charge in [0.15, 0.2) is 11.5 Å². The number of anilines is 1. The van der Waals surface area contributed by atoms with Gasteiger partial charge in [-0.2, -0.15) is 0 Å². The van der Waals surface area contributed by atoms with Gasteiger partial charge in [-0.1, -0.05) is 24.3 Å². The molecule has 0 saturated heterocycles. The lowest BCUT2D eigenvalue weighted by atomic mass is 9.80. The molecule has 2 N–H and O–H groups in total. The third-order valence-electron chi connectivity index (χ3n) is 6.26. The van der Waals surface area contributed by atoms with Crippen molar-refractivity contribution in [2.45, 2.75) is 31.7 Å². The maximum absolute atomic E-state index is 12.7. The normalized spacial score (nSPS) is 20.5. The number of nitrogens with zero attached hydrogens (tertiary/aromatic N) is 1. The molecular weight excluding hydrogens is 420 g/mol. The van der Waals surface area contributed by atoms with Crippen LogP contribution in [-0.4, -0.2) is 36.0 Å². The Labute approximate surface area is 192 Å². The number of methoxy groups -OCH3 is 1. The van der Waals surface area contributed by atoms with Crippen LogP contribution < -0.4 is 19.5 Å². The van der Waals surface area contributed by atoms with Crippen molar-refractivity contribution in [3.8, 4) is 17.2 Å². The van der Waals surface area contributed by atoms with Crippen LogP contribution in [0.5, 0.6) is 17.2 Å². The van der Waals surface area contributed by atoms with E-state index in [0.717, 1.165) is 34.0 Å². The van der Waals surface area contributed by atoms with Crippen LogP contribution in [0.2, 0.25) is 0 Å². The average Bonchev–Trinajstić information content (AvgIpc) is 3.40. The molecule has 0 spiro atoms. The van der Waals surface area contributed by atoms with Crippen molar-refractivity contribution >= 4 is 11.8 Å². The van der Waals surface area contributed by atoms with Crippen molar-refractivity contribution in [2.75, 3.05) is 19.2 Å². The van der Waals surface area contributed by atoms with E-state index in [1.54, 1.807) is 7.11 Å². The number of aromatic nitrogens is 1. The van der Waals surface area contributed by atoms with E-state index in [9.17, 15) is 9.90 Å². The number of hydrogen-bond donors (Lipinski definition) is 2. The first-order valence-corrected chi connectivity index (χ1v) is 11.0. The van der Waals surface area contributed by atoms with Gasteiger partial charge in [0.05, 0.1) is 18.7 Å². The lowest BCUT2D eigenvalue weighted by Gasteiger charge is -2.22. The fourth-order valence-corrected chi connectivity index (χ4v) is 4.88. The molecular formula is C26H26N2O5. The SMILES string of the molecule is COc1ccc([C@@H]2c3nc(NC(C)C)ccc3[C@H](c3ccc4c(c3)OCO4)[C@H]2C(=O)O)cc1. The van der Waals surface area contributed by atoms with Gasteiger partial charge in [-0.25, -0.2) is 4.98 Å². The second-order valence-corrected chi connectivity index (χ2v) is 8.68. The number of fused-ring (bicyclic) bond motifs is 2. The highest BCUT2D eigenvalue weighted by Crippen LogP contribution is 2.53. The van der Waals surface area contributed by atoms with Crippen LogP contribution in [0.15, 0.2) is 54.6 Å². The van der Waals surface area contributed by atoms with Crippen LogP contribution in [0.4, 0.5) is 5.82 Å². The second-order valence-electron chi connectivity index (χ2n) is 8.68. The van der Waals surface area contributed by atoms with E-state index in [2.05, 4.69) is 5.32 Å². The molecule has 1 aliphatic heterocycles. The average molecular weight is 447 g/mol. The fraction of sp³-hybridized carbons (Fsp3) is 0.308. The summed E-state index contributed by atoms with van der Waals surface area (Å²) in [4.78, 5) is 17.6. The molecule has 33 heavy (non-hydrogen) atoms.